The van der Waals surface area contributed by atoms with Crippen LogP contribution in [-0.4, -0.2) is 38.3 Å². The summed E-state index contributed by atoms with van der Waals surface area (Å²) in [5, 5.41) is 16.6. The molecule has 0 saturated carbocycles. The molecule has 0 aliphatic carbocycles. The number of anilines is 1. The Kier molecular flexibility index (Phi) is 6.28. The van der Waals surface area contributed by atoms with E-state index in [1.165, 1.54) is 27.0 Å². The molecule has 180 valence electrons. The van der Waals surface area contributed by atoms with Crippen molar-refractivity contribution >= 4 is 38.4 Å². The van der Waals surface area contributed by atoms with E-state index in [-0.39, 0.29) is 17.1 Å². The summed E-state index contributed by atoms with van der Waals surface area (Å²) in [5.41, 5.74) is 5.85. The Balaban J connectivity index is 1.27. The van der Waals surface area contributed by atoms with Gasteiger partial charge in [0.1, 0.15) is 5.82 Å². The second-order valence-corrected chi connectivity index (χ2v) is 10.8. The number of nitrogens with zero attached hydrogens (tertiary/aromatic N) is 3. The number of nitrogens with one attached hydrogen (secondary N) is 1. The Morgan fingerprint density at radius 2 is 1.61 bits per heavy atom. The molecule has 6 heteroatoms. The predicted molar refractivity (Wildman–Crippen MR) is 152 cm³/mol. The quantitative estimate of drug-likeness (QED) is 0.307. The zero-order chi connectivity index (χ0) is 24.3. The van der Waals surface area contributed by atoms with Crippen LogP contribution < -0.4 is 5.32 Å². The number of rotatable bonds is 8. The van der Waals surface area contributed by atoms with Crippen LogP contribution in [0.2, 0.25) is 0 Å². The van der Waals surface area contributed by atoms with Gasteiger partial charge in [0.05, 0.1) is 17.9 Å². The Hall–Kier alpha value is -3.87. The normalized spacial score (nSPS) is 16.8. The van der Waals surface area contributed by atoms with Gasteiger partial charge in [-0.1, -0.05) is 60.7 Å². The molecule has 0 spiro atoms. The van der Waals surface area contributed by atoms with Crippen LogP contribution in [0.25, 0.3) is 10.9 Å². The maximum Gasteiger partial charge on any atom is 0.142 e. The molecule has 1 unspecified atom stereocenters. The minimum atomic E-state index is -0.145. The fourth-order valence-corrected chi connectivity index (χ4v) is 6.57. The van der Waals surface area contributed by atoms with E-state index in [1.54, 1.807) is 0 Å². The predicted octanol–water partition coefficient (Wildman–Crippen LogP) is 5.78. The summed E-state index contributed by atoms with van der Waals surface area (Å²) in [4.78, 5) is 8.26. The first-order valence-electron chi connectivity index (χ1n) is 12.1. The molecule has 4 aromatic rings. The fourth-order valence-electron chi connectivity index (χ4n) is 4.75. The number of benzene rings is 3. The highest BCUT2D eigenvalue weighted by Gasteiger charge is 2.26. The van der Waals surface area contributed by atoms with Crippen LogP contribution >= 0.6 is 10.5 Å². The lowest BCUT2D eigenvalue weighted by Gasteiger charge is -2.28. The molecule has 2 aliphatic heterocycles. The van der Waals surface area contributed by atoms with Crippen LogP contribution in [0.5, 0.6) is 0 Å². The second-order valence-electron chi connectivity index (χ2n) is 8.91. The Labute approximate surface area is 213 Å². The van der Waals surface area contributed by atoms with Crippen LogP contribution in [0, 0.1) is 0 Å². The third-order valence-corrected chi connectivity index (χ3v) is 8.49. The number of aliphatic hydroxyl groups excluding tert-OH is 1. The topological polar surface area (TPSA) is 52.8 Å². The fraction of sp³-hybridized carbons (Fsp3) is 0.133. The van der Waals surface area contributed by atoms with E-state index in [0.717, 1.165) is 35.9 Å². The summed E-state index contributed by atoms with van der Waals surface area (Å²) in [6.07, 6.45) is 6.23. The minimum Gasteiger partial charge on any atom is -0.396 e. The van der Waals surface area contributed by atoms with Crippen molar-refractivity contribution in [2.24, 2.45) is 4.99 Å². The molecule has 2 N–H and O–H groups in total. The number of fused-ring (bicyclic) bond motifs is 2. The van der Waals surface area contributed by atoms with Crippen LogP contribution in [-0.2, 0) is 13.1 Å². The van der Waals surface area contributed by atoms with Gasteiger partial charge >= 0.3 is 0 Å². The largest absolute Gasteiger partial charge is 0.396 e. The number of aliphatic imine (C=N–C) groups is 1. The first-order valence-corrected chi connectivity index (χ1v) is 13.6. The molecule has 5 nitrogen and oxygen atoms in total. The lowest BCUT2D eigenvalue weighted by Crippen LogP contribution is -2.33. The molecule has 2 aliphatic rings. The summed E-state index contributed by atoms with van der Waals surface area (Å²) in [5.74, 6) is 1.57. The van der Waals surface area contributed by atoms with Crippen molar-refractivity contribution in [1.29, 1.82) is 0 Å². The van der Waals surface area contributed by atoms with Crippen LogP contribution in [0.3, 0.4) is 0 Å². The maximum atomic E-state index is 9.66. The molecule has 0 amide bonds. The molecule has 36 heavy (non-hydrogen) atoms. The molecule has 6 rings (SSSR count). The van der Waals surface area contributed by atoms with Crippen molar-refractivity contribution in [3.8, 4) is 0 Å². The standard InChI is InChI=1S/C30H28N4OS/c35-16-18-36-17-14-27-29(31-22-34(30(27)36)21-24-9-5-2-6-10-24)32-26-11-12-28-25(19-26)13-15-33(28)20-23-7-3-1-4-8-23/h1-15,17,19,22,32,35H,16,18,20-21H2. The zero-order valence-corrected chi connectivity index (χ0v) is 20.7. The molecule has 0 fully saturated rings. The molecule has 0 radical (unpaired) electrons. The summed E-state index contributed by atoms with van der Waals surface area (Å²) in [7, 11) is -0.145. The third-order valence-electron chi connectivity index (χ3n) is 6.46. The number of hydrogen-bond acceptors (Lipinski definition) is 4. The van der Waals surface area contributed by atoms with E-state index >= 15 is 0 Å². The molecular weight excluding hydrogens is 464 g/mol. The molecule has 3 aromatic carbocycles. The minimum absolute atomic E-state index is 0.145. The van der Waals surface area contributed by atoms with Crippen LogP contribution in [0.15, 0.2) is 119 Å². The number of aliphatic hydroxyl groups is 1. The van der Waals surface area contributed by atoms with Gasteiger partial charge in [0.15, 0.2) is 0 Å². The lowest BCUT2D eigenvalue weighted by atomic mass is 10.1. The average Bonchev–Trinajstić information content (AvgIpc) is 3.52. The summed E-state index contributed by atoms with van der Waals surface area (Å²) in [6, 6.07) is 29.6. The molecule has 3 heterocycles. The van der Waals surface area contributed by atoms with Crippen molar-refractivity contribution in [1.82, 2.24) is 9.47 Å². The summed E-state index contributed by atoms with van der Waals surface area (Å²) < 4.78 is 2.28. The van der Waals surface area contributed by atoms with Gasteiger partial charge in [-0.15, -0.1) is 10.5 Å². The van der Waals surface area contributed by atoms with Crippen molar-refractivity contribution in [3.05, 3.63) is 125 Å². The highest BCUT2D eigenvalue weighted by atomic mass is 32.2. The first kappa shape index (κ1) is 22.6. The zero-order valence-electron chi connectivity index (χ0n) is 19.9. The van der Waals surface area contributed by atoms with E-state index in [0.29, 0.717) is 0 Å². The Morgan fingerprint density at radius 1 is 0.861 bits per heavy atom. The van der Waals surface area contributed by atoms with E-state index in [4.69, 9.17) is 4.99 Å². The molecule has 1 aromatic heterocycles. The second kappa shape index (κ2) is 10.0. The maximum absolute atomic E-state index is 9.66. The highest BCUT2D eigenvalue weighted by molar-refractivity contribution is 8.19. The first-order chi connectivity index (χ1) is 17.8. The van der Waals surface area contributed by atoms with Gasteiger partial charge in [-0.25, -0.2) is 4.99 Å². The Morgan fingerprint density at radius 3 is 2.36 bits per heavy atom. The van der Waals surface area contributed by atoms with Crippen molar-refractivity contribution in [3.63, 3.8) is 0 Å². The molecule has 0 bridgehead atoms. The van der Waals surface area contributed by atoms with E-state index in [9.17, 15) is 5.11 Å². The summed E-state index contributed by atoms with van der Waals surface area (Å²) >= 11 is 0. The van der Waals surface area contributed by atoms with Gasteiger partial charge in [-0.2, -0.15) is 0 Å². The Bertz CT molecular complexity index is 1520. The van der Waals surface area contributed by atoms with Gasteiger partial charge in [0.25, 0.3) is 0 Å². The SMILES string of the molecule is OCCS1=C2C(=C(Nc3ccc4c(ccn4Cc4ccccc4)c3)N=CN2Cc2ccccc2)C=C1. The highest BCUT2D eigenvalue weighted by Crippen LogP contribution is 2.35. The van der Waals surface area contributed by atoms with Gasteiger partial charge in [-0.05, 0) is 46.9 Å². The molecule has 1 atom stereocenters. The van der Waals surface area contributed by atoms with Crippen LogP contribution in [0.4, 0.5) is 5.69 Å². The smallest absolute Gasteiger partial charge is 0.142 e. The molecular formula is C30H28N4OS. The van der Waals surface area contributed by atoms with Crippen LogP contribution in [0.1, 0.15) is 11.1 Å². The van der Waals surface area contributed by atoms with Gasteiger partial charge in [-0.3, -0.25) is 0 Å². The van der Waals surface area contributed by atoms with E-state index in [2.05, 4.69) is 111 Å². The monoisotopic (exact) mass is 492 g/mol. The van der Waals surface area contributed by atoms with E-state index in [1.807, 2.05) is 12.4 Å². The van der Waals surface area contributed by atoms with E-state index < -0.39 is 0 Å². The van der Waals surface area contributed by atoms with Crippen molar-refractivity contribution in [2.45, 2.75) is 13.1 Å². The average molecular weight is 493 g/mol. The van der Waals surface area contributed by atoms with Gasteiger partial charge < -0.3 is 19.9 Å². The third kappa shape index (κ3) is 4.53. The van der Waals surface area contributed by atoms with Crippen molar-refractivity contribution in [2.75, 3.05) is 17.7 Å². The lowest BCUT2D eigenvalue weighted by molar-refractivity contribution is 0.322. The number of hydrogen-bond donors (Lipinski definition) is 2. The number of aromatic nitrogens is 1. The van der Waals surface area contributed by atoms with Crippen molar-refractivity contribution < 1.29 is 5.11 Å². The van der Waals surface area contributed by atoms with Gasteiger partial charge in [0, 0.05) is 47.2 Å². The van der Waals surface area contributed by atoms with Gasteiger partial charge in [0.2, 0.25) is 0 Å². The molecule has 0 saturated heterocycles. The summed E-state index contributed by atoms with van der Waals surface area (Å²) in [6.45, 7) is 1.78.